The van der Waals surface area contributed by atoms with E-state index in [9.17, 15) is 19.8 Å². The van der Waals surface area contributed by atoms with Crippen LogP contribution in [0.3, 0.4) is 0 Å². The first-order valence-electron chi connectivity index (χ1n) is 18.4. The lowest BCUT2D eigenvalue weighted by Crippen LogP contribution is -2.54. The van der Waals surface area contributed by atoms with Crippen molar-refractivity contribution in [3.05, 3.63) is 144 Å². The molecule has 0 bridgehead atoms. The number of carboxylic acid groups (broad SMARTS) is 2. The summed E-state index contributed by atoms with van der Waals surface area (Å²) in [5.41, 5.74) is 4.02. The van der Waals surface area contributed by atoms with Gasteiger partial charge in [-0.15, -0.1) is 23.5 Å². The molecule has 2 saturated heterocycles. The van der Waals surface area contributed by atoms with Crippen LogP contribution in [-0.4, -0.2) is 11.9 Å². The second-order valence-electron chi connectivity index (χ2n) is 14.2. The SMILES string of the molecule is O=C([O-])CCCCCCCC(C(=O)[O-])(C1CC(c2ccccc2)SC(c2ccccc2)C1)C1CC(c2ccccc2)SC(c2ccccc2)C1. The molecule has 6 rings (SSSR count). The molecule has 2 fully saturated rings. The molecule has 0 radical (unpaired) electrons. The zero-order valence-electron chi connectivity index (χ0n) is 28.7. The van der Waals surface area contributed by atoms with Crippen LogP contribution in [0.25, 0.3) is 0 Å². The van der Waals surface area contributed by atoms with Gasteiger partial charge in [0.1, 0.15) is 0 Å². The van der Waals surface area contributed by atoms with Crippen molar-refractivity contribution in [1.82, 2.24) is 0 Å². The number of aliphatic carboxylic acids is 2. The molecular formula is C44H48O4S2-2. The van der Waals surface area contributed by atoms with Gasteiger partial charge in [0.25, 0.3) is 0 Å². The highest BCUT2D eigenvalue weighted by Crippen LogP contribution is 2.63. The number of carbonyl (C=O) groups is 2. The van der Waals surface area contributed by atoms with E-state index in [0.29, 0.717) is 12.8 Å². The van der Waals surface area contributed by atoms with Crippen molar-refractivity contribution in [2.75, 3.05) is 0 Å². The Morgan fingerprint density at radius 3 is 1.14 bits per heavy atom. The van der Waals surface area contributed by atoms with Crippen LogP contribution in [0, 0.1) is 17.3 Å². The highest BCUT2D eigenvalue weighted by molar-refractivity contribution is 8.00. The predicted molar refractivity (Wildman–Crippen MR) is 202 cm³/mol. The predicted octanol–water partition coefficient (Wildman–Crippen LogP) is 9.45. The summed E-state index contributed by atoms with van der Waals surface area (Å²) in [5, 5.41) is 25.9. The Balaban J connectivity index is 1.39. The van der Waals surface area contributed by atoms with Gasteiger partial charge < -0.3 is 19.8 Å². The molecule has 4 aromatic carbocycles. The zero-order valence-corrected chi connectivity index (χ0v) is 30.4. The molecule has 0 spiro atoms. The van der Waals surface area contributed by atoms with Crippen LogP contribution in [0.5, 0.6) is 0 Å². The Hall–Kier alpha value is -3.48. The van der Waals surface area contributed by atoms with Crippen LogP contribution < -0.4 is 10.2 Å². The first-order chi connectivity index (χ1) is 24.4. The Kier molecular flexibility index (Phi) is 12.8. The normalized spacial score (nSPS) is 25.0. The molecule has 2 heterocycles. The Bertz CT molecular complexity index is 1440. The van der Waals surface area contributed by atoms with Crippen LogP contribution in [-0.2, 0) is 9.59 Å². The van der Waals surface area contributed by atoms with Crippen LogP contribution in [0.15, 0.2) is 121 Å². The summed E-state index contributed by atoms with van der Waals surface area (Å²) in [4.78, 5) is 25.2. The minimum absolute atomic E-state index is 0.0665. The Morgan fingerprint density at radius 2 is 0.820 bits per heavy atom. The second-order valence-corrected chi connectivity index (χ2v) is 17.0. The van der Waals surface area contributed by atoms with Gasteiger partial charge in [-0.3, -0.25) is 0 Å². The molecule has 6 heteroatoms. The Labute approximate surface area is 306 Å². The van der Waals surface area contributed by atoms with Crippen LogP contribution in [0.1, 0.15) is 114 Å². The van der Waals surface area contributed by atoms with Gasteiger partial charge in [0, 0.05) is 38.4 Å². The number of carboxylic acids is 2. The molecule has 2 aliphatic heterocycles. The van der Waals surface area contributed by atoms with Gasteiger partial charge in [0.2, 0.25) is 0 Å². The van der Waals surface area contributed by atoms with Crippen molar-refractivity contribution in [2.45, 2.75) is 91.6 Å². The number of hydrogen-bond donors (Lipinski definition) is 0. The number of carbonyl (C=O) groups excluding carboxylic acids is 2. The van der Waals surface area contributed by atoms with E-state index in [0.717, 1.165) is 51.4 Å². The molecule has 0 aromatic heterocycles. The van der Waals surface area contributed by atoms with Crippen molar-refractivity contribution in [1.29, 1.82) is 0 Å². The third-order valence-electron chi connectivity index (χ3n) is 11.1. The molecule has 4 aromatic rings. The van der Waals surface area contributed by atoms with Crippen molar-refractivity contribution in [3.8, 4) is 0 Å². The highest BCUT2D eigenvalue weighted by Gasteiger charge is 2.52. The number of thioether (sulfide) groups is 2. The van der Waals surface area contributed by atoms with Gasteiger partial charge >= 0.3 is 0 Å². The third kappa shape index (κ3) is 8.87. The van der Waals surface area contributed by atoms with E-state index in [4.69, 9.17) is 0 Å². The zero-order chi connectivity index (χ0) is 34.8. The van der Waals surface area contributed by atoms with Crippen molar-refractivity contribution in [2.24, 2.45) is 17.3 Å². The summed E-state index contributed by atoms with van der Waals surface area (Å²) < 4.78 is 0. The molecule has 4 nitrogen and oxygen atoms in total. The quantitative estimate of drug-likeness (QED) is 0.115. The Morgan fingerprint density at radius 1 is 0.500 bits per heavy atom. The van der Waals surface area contributed by atoms with Crippen LogP contribution >= 0.6 is 23.5 Å². The van der Waals surface area contributed by atoms with Gasteiger partial charge in [-0.05, 0) is 79.0 Å². The summed E-state index contributed by atoms with van der Waals surface area (Å²) in [5.74, 6) is -2.03. The van der Waals surface area contributed by atoms with Crippen molar-refractivity contribution >= 4 is 35.5 Å². The summed E-state index contributed by atoms with van der Waals surface area (Å²) in [7, 11) is 0. The maximum Gasteiger partial charge on any atom is 0.0481 e. The van der Waals surface area contributed by atoms with Crippen LogP contribution in [0.2, 0.25) is 0 Å². The molecule has 0 saturated carbocycles. The lowest BCUT2D eigenvalue weighted by molar-refractivity contribution is -0.327. The standard InChI is InChI=1S/C44H50O4S2/c45-42(46)26-16-2-1-3-17-27-44(43(47)48,36-28-38(32-18-8-4-9-19-32)49-39(29-36)33-20-10-5-11-21-33)37-30-40(34-22-12-6-13-23-34)50-41(31-37)35-24-14-7-15-25-35/h4-15,18-25,36-41H,1-3,16-17,26-31H2,(H,45,46)(H,47,48)/p-2. The van der Waals surface area contributed by atoms with Gasteiger partial charge in [-0.2, -0.15) is 0 Å². The number of rotatable bonds is 15. The highest BCUT2D eigenvalue weighted by atomic mass is 32.2. The lowest BCUT2D eigenvalue weighted by atomic mass is 9.58. The fourth-order valence-electron chi connectivity index (χ4n) is 8.61. The fourth-order valence-corrected chi connectivity index (χ4v) is 12.0. The molecule has 0 aliphatic carbocycles. The summed E-state index contributed by atoms with van der Waals surface area (Å²) in [6.45, 7) is 0. The minimum Gasteiger partial charge on any atom is -0.550 e. The molecule has 262 valence electrons. The first-order valence-corrected chi connectivity index (χ1v) is 20.2. The van der Waals surface area contributed by atoms with E-state index in [1.54, 1.807) is 0 Å². The molecule has 2 aliphatic rings. The summed E-state index contributed by atoms with van der Waals surface area (Å²) in [6, 6.07) is 42.5. The summed E-state index contributed by atoms with van der Waals surface area (Å²) in [6.07, 6.45) is 7.80. The molecule has 0 amide bonds. The molecule has 4 atom stereocenters. The third-order valence-corrected chi connectivity index (χ3v) is 14.3. The van der Waals surface area contributed by atoms with Crippen molar-refractivity contribution in [3.63, 3.8) is 0 Å². The average molecular weight is 705 g/mol. The van der Waals surface area contributed by atoms with E-state index in [2.05, 4.69) is 121 Å². The molecule has 4 unspecified atom stereocenters. The second kappa shape index (κ2) is 17.6. The average Bonchev–Trinajstić information content (AvgIpc) is 3.17. The monoisotopic (exact) mass is 704 g/mol. The minimum atomic E-state index is -1.01. The maximum absolute atomic E-state index is 14.2. The fraction of sp³-hybridized carbons (Fsp3) is 0.409. The largest absolute Gasteiger partial charge is 0.550 e. The number of benzene rings is 4. The van der Waals surface area contributed by atoms with Crippen molar-refractivity contribution < 1.29 is 19.8 Å². The van der Waals surface area contributed by atoms with Gasteiger partial charge in [0.15, 0.2) is 0 Å². The smallest absolute Gasteiger partial charge is 0.0481 e. The molecule has 0 N–H and O–H groups in total. The number of unbranched alkanes of at least 4 members (excludes halogenated alkanes) is 4. The number of hydrogen-bond acceptors (Lipinski definition) is 6. The molecule has 50 heavy (non-hydrogen) atoms. The van der Waals surface area contributed by atoms with Crippen LogP contribution in [0.4, 0.5) is 0 Å². The van der Waals surface area contributed by atoms with E-state index < -0.39 is 17.4 Å². The van der Waals surface area contributed by atoms with E-state index in [1.807, 2.05) is 23.5 Å². The van der Waals surface area contributed by atoms with Gasteiger partial charge in [-0.1, -0.05) is 147 Å². The van der Waals surface area contributed by atoms with E-state index in [-0.39, 0.29) is 39.3 Å². The maximum atomic E-state index is 14.2. The topological polar surface area (TPSA) is 80.3 Å². The lowest BCUT2D eigenvalue weighted by Gasteiger charge is -2.54. The van der Waals surface area contributed by atoms with Gasteiger partial charge in [-0.25, -0.2) is 0 Å². The van der Waals surface area contributed by atoms with E-state index >= 15 is 0 Å². The van der Waals surface area contributed by atoms with Gasteiger partial charge in [0.05, 0.1) is 0 Å². The van der Waals surface area contributed by atoms with E-state index in [1.165, 1.54) is 22.3 Å². The summed E-state index contributed by atoms with van der Waals surface area (Å²) >= 11 is 3.96. The first kappa shape index (κ1) is 36.3. The molecular weight excluding hydrogens is 657 g/mol.